The van der Waals surface area contributed by atoms with Crippen LogP contribution in [0.25, 0.3) is 0 Å². The lowest BCUT2D eigenvalue weighted by Gasteiger charge is -2.16. The number of hydrogen-bond acceptors (Lipinski definition) is 4. The van der Waals surface area contributed by atoms with Gasteiger partial charge in [0.2, 0.25) is 15.9 Å². The van der Waals surface area contributed by atoms with E-state index in [1.165, 1.54) is 29.9 Å². The number of anilines is 1. The first-order chi connectivity index (χ1) is 9.96. The van der Waals surface area contributed by atoms with Crippen molar-refractivity contribution in [3.05, 3.63) is 47.9 Å². The van der Waals surface area contributed by atoms with Crippen molar-refractivity contribution in [1.29, 1.82) is 0 Å². The van der Waals surface area contributed by atoms with Gasteiger partial charge in [0.1, 0.15) is 0 Å². The molecule has 0 radical (unpaired) electrons. The predicted octanol–water partition coefficient (Wildman–Crippen LogP) is 1.59. The molecule has 0 bridgehead atoms. The molecule has 7 heteroatoms. The molecule has 21 heavy (non-hydrogen) atoms. The molecule has 0 unspecified atom stereocenters. The average Bonchev–Trinajstić information content (AvgIpc) is 3.05. The summed E-state index contributed by atoms with van der Waals surface area (Å²) in [6, 6.07) is 6.40. The molecule has 110 valence electrons. The lowest BCUT2D eigenvalue weighted by Crippen LogP contribution is -2.26. The predicted molar refractivity (Wildman–Crippen MR) is 76.1 cm³/mol. The van der Waals surface area contributed by atoms with Gasteiger partial charge in [0.05, 0.1) is 23.8 Å². The summed E-state index contributed by atoms with van der Waals surface area (Å²) in [6.45, 7) is 0.229. The second-order valence-electron chi connectivity index (χ2n) is 4.94. The van der Waals surface area contributed by atoms with Gasteiger partial charge in [-0.1, -0.05) is 0 Å². The summed E-state index contributed by atoms with van der Waals surface area (Å²) in [4.78, 5) is 11.5. The van der Waals surface area contributed by atoms with Crippen LogP contribution in [0, 0.1) is 0 Å². The molecule has 6 nitrogen and oxygen atoms in total. The highest BCUT2D eigenvalue weighted by molar-refractivity contribution is 7.89. The lowest BCUT2D eigenvalue weighted by atomic mass is 10.2. The van der Waals surface area contributed by atoms with Gasteiger partial charge in [-0.25, -0.2) is 8.42 Å². The van der Waals surface area contributed by atoms with Gasteiger partial charge in [0.15, 0.2) is 0 Å². The zero-order valence-electron chi connectivity index (χ0n) is 11.4. The quantitative estimate of drug-likeness (QED) is 0.930. The molecule has 3 rings (SSSR count). The molecular formula is C14H14N2O4S. The van der Waals surface area contributed by atoms with Gasteiger partial charge >= 0.3 is 0 Å². The maximum Gasteiger partial charge on any atom is 0.243 e. The van der Waals surface area contributed by atoms with Gasteiger partial charge in [-0.3, -0.25) is 4.79 Å². The van der Waals surface area contributed by atoms with Crippen molar-refractivity contribution < 1.29 is 17.6 Å². The van der Waals surface area contributed by atoms with E-state index in [1.54, 1.807) is 18.2 Å². The minimum atomic E-state index is -3.60. The highest BCUT2D eigenvalue weighted by Gasteiger charge is 2.25. The topological polar surface area (TPSA) is 79.6 Å². The van der Waals surface area contributed by atoms with Crippen LogP contribution in [-0.2, 0) is 27.8 Å². The largest absolute Gasteiger partial charge is 0.472 e. The highest BCUT2D eigenvalue weighted by atomic mass is 32.2. The molecule has 1 aromatic carbocycles. The Kier molecular flexibility index (Phi) is 3.30. The van der Waals surface area contributed by atoms with E-state index in [-0.39, 0.29) is 23.8 Å². The number of amides is 1. The summed E-state index contributed by atoms with van der Waals surface area (Å²) in [5, 5.41) is 2.68. The van der Waals surface area contributed by atoms with Crippen molar-refractivity contribution in [2.24, 2.45) is 0 Å². The number of benzene rings is 1. The van der Waals surface area contributed by atoms with E-state index in [2.05, 4.69) is 5.32 Å². The number of sulfonamides is 1. The van der Waals surface area contributed by atoms with Crippen LogP contribution in [0.1, 0.15) is 11.1 Å². The molecule has 0 fully saturated rings. The number of rotatable bonds is 4. The number of nitrogens with zero attached hydrogens (tertiary/aromatic N) is 1. The molecule has 2 aromatic rings. The SMILES string of the molecule is CN(Cc1ccoc1)S(=O)(=O)c1ccc2c(c1)CC(=O)N2. The van der Waals surface area contributed by atoms with Crippen molar-refractivity contribution in [3.63, 3.8) is 0 Å². The molecule has 0 saturated heterocycles. The minimum absolute atomic E-state index is 0.119. The third-order valence-electron chi connectivity index (χ3n) is 3.40. The molecule has 2 heterocycles. The van der Waals surface area contributed by atoms with E-state index in [1.807, 2.05) is 0 Å². The van der Waals surface area contributed by atoms with E-state index in [0.29, 0.717) is 11.3 Å². The number of hydrogen-bond donors (Lipinski definition) is 1. The molecular weight excluding hydrogens is 292 g/mol. The maximum atomic E-state index is 12.5. The number of nitrogens with one attached hydrogen (secondary N) is 1. The summed E-state index contributed by atoms with van der Waals surface area (Å²) in [7, 11) is -2.09. The van der Waals surface area contributed by atoms with Gasteiger partial charge in [0.25, 0.3) is 0 Å². The fraction of sp³-hybridized carbons (Fsp3) is 0.214. The number of furan rings is 1. The van der Waals surface area contributed by atoms with Crippen LogP contribution in [0.2, 0.25) is 0 Å². The first-order valence-corrected chi connectivity index (χ1v) is 7.81. The highest BCUT2D eigenvalue weighted by Crippen LogP contribution is 2.27. The van der Waals surface area contributed by atoms with E-state index in [4.69, 9.17) is 4.42 Å². The molecule has 0 spiro atoms. The fourth-order valence-electron chi connectivity index (χ4n) is 2.27. The average molecular weight is 306 g/mol. The first kappa shape index (κ1) is 13.8. The van der Waals surface area contributed by atoms with Gasteiger partial charge in [0, 0.05) is 24.8 Å². The Hall–Kier alpha value is -2.12. The second-order valence-corrected chi connectivity index (χ2v) is 6.98. The van der Waals surface area contributed by atoms with E-state index >= 15 is 0 Å². The molecule has 1 N–H and O–H groups in total. The molecule has 1 aliphatic rings. The van der Waals surface area contributed by atoms with Crippen LogP contribution >= 0.6 is 0 Å². The normalized spacial score (nSPS) is 14.3. The van der Waals surface area contributed by atoms with Crippen molar-refractivity contribution >= 4 is 21.6 Å². The van der Waals surface area contributed by atoms with Crippen LogP contribution in [0.4, 0.5) is 5.69 Å². The Morgan fingerprint density at radius 2 is 2.14 bits per heavy atom. The van der Waals surface area contributed by atoms with Crippen LogP contribution in [-0.4, -0.2) is 25.7 Å². The minimum Gasteiger partial charge on any atom is -0.472 e. The van der Waals surface area contributed by atoms with E-state index in [9.17, 15) is 13.2 Å². The van der Waals surface area contributed by atoms with E-state index < -0.39 is 10.0 Å². The summed E-state index contributed by atoms with van der Waals surface area (Å²) < 4.78 is 31.3. The third kappa shape index (κ3) is 2.57. The summed E-state index contributed by atoms with van der Waals surface area (Å²) in [5.74, 6) is -0.119. The molecule has 1 amide bonds. The standard InChI is InChI=1S/C14H14N2O4S/c1-16(8-10-4-5-20-9-10)21(18,19)12-2-3-13-11(6-12)7-14(17)15-13/h2-6,9H,7-8H2,1H3,(H,15,17). The summed E-state index contributed by atoms with van der Waals surface area (Å²) >= 11 is 0. The Labute approximate surface area is 122 Å². The Bertz CT molecular complexity index is 781. The van der Waals surface area contributed by atoms with Gasteiger partial charge in [-0.15, -0.1) is 0 Å². The fourth-order valence-corrected chi connectivity index (χ4v) is 3.48. The molecule has 1 aliphatic heterocycles. The molecule has 0 atom stereocenters. The van der Waals surface area contributed by atoms with Crippen LogP contribution in [0.3, 0.4) is 0 Å². The van der Waals surface area contributed by atoms with Crippen molar-refractivity contribution in [2.45, 2.75) is 17.9 Å². The first-order valence-electron chi connectivity index (χ1n) is 6.37. The van der Waals surface area contributed by atoms with E-state index in [0.717, 1.165) is 5.56 Å². The van der Waals surface area contributed by atoms with Crippen molar-refractivity contribution in [3.8, 4) is 0 Å². The van der Waals surface area contributed by atoms with Crippen molar-refractivity contribution in [2.75, 3.05) is 12.4 Å². The Morgan fingerprint density at radius 3 is 2.86 bits per heavy atom. The van der Waals surface area contributed by atoms with Gasteiger partial charge in [-0.2, -0.15) is 4.31 Å². The second kappa shape index (κ2) is 5.01. The monoisotopic (exact) mass is 306 g/mol. The molecule has 1 aromatic heterocycles. The third-order valence-corrected chi connectivity index (χ3v) is 5.19. The zero-order valence-corrected chi connectivity index (χ0v) is 12.2. The van der Waals surface area contributed by atoms with Crippen LogP contribution in [0.5, 0.6) is 0 Å². The number of carbonyl (C=O) groups excluding carboxylic acids is 1. The molecule has 0 aliphatic carbocycles. The number of fused-ring (bicyclic) bond motifs is 1. The van der Waals surface area contributed by atoms with Gasteiger partial charge < -0.3 is 9.73 Å². The van der Waals surface area contributed by atoms with Gasteiger partial charge in [-0.05, 0) is 29.8 Å². The number of carbonyl (C=O) groups is 1. The maximum absolute atomic E-state index is 12.5. The summed E-state index contributed by atoms with van der Waals surface area (Å²) in [6.07, 6.45) is 3.23. The Balaban J connectivity index is 1.88. The lowest BCUT2D eigenvalue weighted by molar-refractivity contribution is -0.115. The summed E-state index contributed by atoms with van der Waals surface area (Å²) in [5.41, 5.74) is 2.16. The zero-order chi connectivity index (χ0) is 15.0. The Morgan fingerprint density at radius 1 is 1.33 bits per heavy atom. The smallest absolute Gasteiger partial charge is 0.243 e. The van der Waals surface area contributed by atoms with Crippen molar-refractivity contribution in [1.82, 2.24) is 4.31 Å². The molecule has 0 saturated carbocycles. The van der Waals surface area contributed by atoms with Crippen LogP contribution in [0.15, 0.2) is 46.1 Å². The van der Waals surface area contributed by atoms with Crippen LogP contribution < -0.4 is 5.32 Å².